The highest BCUT2D eigenvalue weighted by Crippen LogP contribution is 2.22. The molecular weight excluding hydrogens is 478 g/mol. The van der Waals surface area contributed by atoms with Gasteiger partial charge in [-0.1, -0.05) is 87.5 Å². The summed E-state index contributed by atoms with van der Waals surface area (Å²) in [6.45, 7) is 6.71. The molecule has 4 aromatic rings. The van der Waals surface area contributed by atoms with Crippen molar-refractivity contribution in [2.75, 3.05) is 0 Å². The molecule has 1 aromatic heterocycles. The van der Waals surface area contributed by atoms with Crippen molar-refractivity contribution in [3.63, 3.8) is 0 Å². The molecule has 0 fully saturated rings. The normalized spacial score (nSPS) is 12.0. The first kappa shape index (κ1) is 26.5. The van der Waals surface area contributed by atoms with Gasteiger partial charge in [-0.25, -0.2) is 14.8 Å². The maximum atomic E-state index is 12.7. The Balaban J connectivity index is 1.36. The summed E-state index contributed by atoms with van der Waals surface area (Å²) >= 11 is 0. The van der Waals surface area contributed by atoms with Crippen molar-refractivity contribution in [1.29, 1.82) is 0 Å². The quantitative estimate of drug-likeness (QED) is 0.311. The fraction of sp³-hybridized carbons (Fsp3) is 0.226. The molecule has 4 rings (SSSR count). The zero-order valence-electron chi connectivity index (χ0n) is 21.7. The number of hydrogen-bond donors (Lipinski definition) is 2. The smallest absolute Gasteiger partial charge is 0.326 e. The number of nitrogens with one attached hydrogen (secondary N) is 1. The monoisotopic (exact) mass is 509 g/mol. The van der Waals surface area contributed by atoms with Crippen LogP contribution in [0.4, 0.5) is 0 Å². The van der Waals surface area contributed by atoms with E-state index in [1.54, 1.807) is 24.5 Å². The number of carbonyl (C=O) groups is 2. The minimum atomic E-state index is -1.09. The fourth-order valence-electron chi connectivity index (χ4n) is 3.87. The SMILES string of the molecule is CC(C)(C)c1ccc(C(=O)N[C@@H](Cc2ccc(-c3ncc(OCc4ccccc4)cn3)cc2)C(=O)O)cc1. The Hall–Kier alpha value is -4.52. The molecule has 0 radical (unpaired) electrons. The van der Waals surface area contributed by atoms with E-state index in [1.807, 2.05) is 66.7 Å². The van der Waals surface area contributed by atoms with Crippen LogP contribution in [-0.2, 0) is 23.2 Å². The highest BCUT2D eigenvalue weighted by Gasteiger charge is 2.22. The van der Waals surface area contributed by atoms with Crippen LogP contribution in [-0.4, -0.2) is 33.0 Å². The molecule has 0 aliphatic heterocycles. The molecule has 194 valence electrons. The van der Waals surface area contributed by atoms with Crippen LogP contribution in [0, 0.1) is 0 Å². The van der Waals surface area contributed by atoms with Gasteiger partial charge in [0.25, 0.3) is 5.91 Å². The number of benzene rings is 3. The summed E-state index contributed by atoms with van der Waals surface area (Å²) < 4.78 is 5.74. The second kappa shape index (κ2) is 11.7. The molecule has 2 N–H and O–H groups in total. The number of hydrogen-bond acceptors (Lipinski definition) is 5. The number of aliphatic carboxylic acids is 1. The molecule has 1 heterocycles. The van der Waals surface area contributed by atoms with Gasteiger partial charge in [0.15, 0.2) is 11.6 Å². The van der Waals surface area contributed by atoms with Crippen molar-refractivity contribution in [3.05, 3.63) is 114 Å². The summed E-state index contributed by atoms with van der Waals surface area (Å²) in [6.07, 6.45) is 3.40. The lowest BCUT2D eigenvalue weighted by molar-refractivity contribution is -0.139. The Morgan fingerprint density at radius 1 is 0.868 bits per heavy atom. The molecule has 0 saturated heterocycles. The highest BCUT2D eigenvalue weighted by atomic mass is 16.5. The molecule has 0 spiro atoms. The van der Waals surface area contributed by atoms with Gasteiger partial charge in [0, 0.05) is 17.5 Å². The molecule has 7 nitrogen and oxygen atoms in total. The fourth-order valence-corrected chi connectivity index (χ4v) is 3.87. The van der Waals surface area contributed by atoms with E-state index < -0.39 is 17.9 Å². The average Bonchev–Trinajstić information content (AvgIpc) is 2.92. The third-order valence-electron chi connectivity index (χ3n) is 6.14. The van der Waals surface area contributed by atoms with Gasteiger partial charge in [-0.15, -0.1) is 0 Å². The molecule has 0 unspecified atom stereocenters. The van der Waals surface area contributed by atoms with Gasteiger partial charge in [-0.3, -0.25) is 4.79 Å². The van der Waals surface area contributed by atoms with E-state index in [0.717, 1.165) is 22.3 Å². The maximum absolute atomic E-state index is 12.7. The molecule has 38 heavy (non-hydrogen) atoms. The number of amides is 1. The second-order valence-corrected chi connectivity index (χ2v) is 10.1. The Bertz CT molecular complexity index is 1360. The van der Waals surface area contributed by atoms with Gasteiger partial charge in [-0.2, -0.15) is 0 Å². The van der Waals surface area contributed by atoms with Gasteiger partial charge < -0.3 is 15.2 Å². The summed E-state index contributed by atoms with van der Waals surface area (Å²) in [5, 5.41) is 12.3. The van der Waals surface area contributed by atoms with Crippen LogP contribution >= 0.6 is 0 Å². The summed E-state index contributed by atoms with van der Waals surface area (Å²) in [7, 11) is 0. The molecular formula is C31H31N3O4. The first-order chi connectivity index (χ1) is 18.2. The van der Waals surface area contributed by atoms with Crippen molar-refractivity contribution in [2.24, 2.45) is 0 Å². The maximum Gasteiger partial charge on any atom is 0.326 e. The van der Waals surface area contributed by atoms with Crippen molar-refractivity contribution >= 4 is 11.9 Å². The Morgan fingerprint density at radius 3 is 2.08 bits per heavy atom. The third kappa shape index (κ3) is 7.03. The number of carboxylic acid groups (broad SMARTS) is 1. The first-order valence-corrected chi connectivity index (χ1v) is 12.4. The van der Waals surface area contributed by atoms with Crippen LogP contribution in [0.1, 0.15) is 47.8 Å². The van der Waals surface area contributed by atoms with Gasteiger partial charge in [-0.05, 0) is 34.2 Å². The van der Waals surface area contributed by atoms with Gasteiger partial charge in [0.05, 0.1) is 12.4 Å². The van der Waals surface area contributed by atoms with Gasteiger partial charge in [0.1, 0.15) is 12.6 Å². The molecule has 0 bridgehead atoms. The number of carbonyl (C=O) groups excluding carboxylic acids is 1. The van der Waals surface area contributed by atoms with E-state index in [1.165, 1.54) is 0 Å². The minimum Gasteiger partial charge on any atom is -0.486 e. The first-order valence-electron chi connectivity index (χ1n) is 12.4. The van der Waals surface area contributed by atoms with E-state index in [9.17, 15) is 14.7 Å². The van der Waals surface area contributed by atoms with Crippen molar-refractivity contribution in [1.82, 2.24) is 15.3 Å². The molecule has 1 amide bonds. The Kier molecular flexibility index (Phi) is 8.16. The van der Waals surface area contributed by atoms with Gasteiger partial charge >= 0.3 is 5.97 Å². The van der Waals surface area contributed by atoms with Crippen molar-refractivity contribution < 1.29 is 19.4 Å². The zero-order chi connectivity index (χ0) is 27.1. The van der Waals surface area contributed by atoms with E-state index in [2.05, 4.69) is 36.1 Å². The Labute approximate surface area is 222 Å². The van der Waals surface area contributed by atoms with Crippen LogP contribution in [0.2, 0.25) is 0 Å². The lowest BCUT2D eigenvalue weighted by Gasteiger charge is -2.19. The highest BCUT2D eigenvalue weighted by molar-refractivity contribution is 5.96. The molecule has 0 aliphatic carbocycles. The number of ether oxygens (including phenoxy) is 1. The van der Waals surface area contributed by atoms with Crippen LogP contribution < -0.4 is 10.1 Å². The third-order valence-corrected chi connectivity index (χ3v) is 6.14. The molecule has 0 saturated carbocycles. The second-order valence-electron chi connectivity index (χ2n) is 10.1. The predicted octanol–water partition coefficient (Wildman–Crippen LogP) is 5.45. The number of carboxylic acids is 1. The van der Waals surface area contributed by atoms with Crippen LogP contribution in [0.25, 0.3) is 11.4 Å². The lowest BCUT2D eigenvalue weighted by Crippen LogP contribution is -2.42. The standard InChI is InChI=1S/C31H31N3O4/c1-31(2,3)25-15-13-24(14-16-25)29(35)34-27(30(36)37)17-21-9-11-23(12-10-21)28-32-18-26(19-33-28)38-20-22-7-5-4-6-8-22/h4-16,18-19,27H,17,20H2,1-3H3,(H,34,35)(H,36,37)/t27-/m0/s1. The lowest BCUT2D eigenvalue weighted by atomic mass is 9.86. The van der Waals surface area contributed by atoms with Crippen molar-refractivity contribution in [2.45, 2.75) is 45.3 Å². The number of aromatic nitrogens is 2. The largest absolute Gasteiger partial charge is 0.486 e. The summed E-state index contributed by atoms with van der Waals surface area (Å²) in [6, 6.07) is 23.3. The van der Waals surface area contributed by atoms with E-state index >= 15 is 0 Å². The number of rotatable bonds is 9. The number of nitrogens with zero attached hydrogens (tertiary/aromatic N) is 2. The molecule has 0 aliphatic rings. The summed E-state index contributed by atoms with van der Waals surface area (Å²) in [5.74, 6) is -0.409. The van der Waals surface area contributed by atoms with Crippen LogP contribution in [0.3, 0.4) is 0 Å². The minimum absolute atomic E-state index is 0.0337. The molecule has 7 heteroatoms. The van der Waals surface area contributed by atoms with Crippen LogP contribution in [0.15, 0.2) is 91.3 Å². The Morgan fingerprint density at radius 2 is 1.50 bits per heavy atom. The zero-order valence-corrected chi connectivity index (χ0v) is 21.7. The van der Waals surface area contributed by atoms with Gasteiger partial charge in [0.2, 0.25) is 0 Å². The summed E-state index contributed by atoms with van der Waals surface area (Å²) in [4.78, 5) is 33.4. The molecule has 3 aromatic carbocycles. The topological polar surface area (TPSA) is 101 Å². The van der Waals surface area contributed by atoms with E-state index in [-0.39, 0.29) is 11.8 Å². The average molecular weight is 510 g/mol. The van der Waals surface area contributed by atoms with E-state index in [0.29, 0.717) is 23.7 Å². The van der Waals surface area contributed by atoms with Crippen LogP contribution in [0.5, 0.6) is 5.75 Å². The van der Waals surface area contributed by atoms with Crippen molar-refractivity contribution in [3.8, 4) is 17.1 Å². The molecule has 1 atom stereocenters. The summed E-state index contributed by atoms with van der Waals surface area (Å²) in [5.41, 5.74) is 4.11. The van der Waals surface area contributed by atoms with E-state index in [4.69, 9.17) is 4.74 Å². The predicted molar refractivity (Wildman–Crippen MR) is 146 cm³/mol.